The molecule has 3 fully saturated rings. The van der Waals surface area contributed by atoms with Gasteiger partial charge in [0.15, 0.2) is 18.9 Å². The minimum absolute atomic E-state index is 0.233. The fraction of sp³-hybridized carbons (Fsp3) is 0.754. The van der Waals surface area contributed by atoms with Crippen molar-refractivity contribution in [3.8, 4) is 0 Å². The number of hydrogen-bond donors (Lipinski definition) is 12. The minimum Gasteiger partial charge on any atom is -0.394 e. The van der Waals surface area contributed by atoms with Gasteiger partial charge in [0, 0.05) is 6.42 Å². The van der Waals surface area contributed by atoms with E-state index in [2.05, 4.69) is 85.2 Å². The SMILES string of the molecule is CC/C=C\C/C=C\C/C=C\C/C=C\C/C=C\C/C=C\CCCCCCCCCCCCCCC(=O)NC(COC1OC(CO)C(OC2OC(CO)C(OC3OC(CO)C(O)C(O)C3O)C(O)C2O)C(O)C1O)C(O)/C=C/CCCC. The highest BCUT2D eigenvalue weighted by Gasteiger charge is 2.53. The van der Waals surface area contributed by atoms with Crippen LogP contribution in [0.3, 0.4) is 0 Å². The van der Waals surface area contributed by atoms with Crippen LogP contribution in [-0.2, 0) is 33.2 Å². The molecule has 0 aromatic heterocycles. The predicted molar refractivity (Wildman–Crippen MR) is 304 cm³/mol. The molecule has 17 atom stereocenters. The van der Waals surface area contributed by atoms with E-state index in [0.29, 0.717) is 12.8 Å². The lowest BCUT2D eigenvalue weighted by atomic mass is 9.96. The average molecular weight is 1140 g/mol. The number of amides is 1. The maximum absolute atomic E-state index is 13.2. The number of nitrogens with one attached hydrogen (secondary N) is 1. The Morgan fingerprint density at radius 3 is 1.34 bits per heavy atom. The number of carbonyl (C=O) groups is 1. The topological polar surface area (TPSA) is 307 Å². The number of unbranched alkanes of at least 4 members (excludes halogenated alkanes) is 14. The van der Waals surface area contributed by atoms with Crippen LogP contribution in [0.25, 0.3) is 0 Å². The number of aliphatic hydroxyl groups excluding tert-OH is 11. The Morgan fingerprint density at radius 1 is 0.463 bits per heavy atom. The van der Waals surface area contributed by atoms with E-state index in [4.69, 9.17) is 28.4 Å². The lowest BCUT2D eigenvalue weighted by Gasteiger charge is -2.48. The zero-order valence-corrected chi connectivity index (χ0v) is 47.8. The van der Waals surface area contributed by atoms with Crippen LogP contribution in [0, 0.1) is 0 Å². The van der Waals surface area contributed by atoms with Crippen LogP contribution in [0.4, 0.5) is 0 Å². The second kappa shape index (κ2) is 43.6. The predicted octanol–water partition coefficient (Wildman–Crippen LogP) is 5.20. The highest BCUT2D eigenvalue weighted by Crippen LogP contribution is 2.33. The van der Waals surface area contributed by atoms with E-state index in [1.165, 1.54) is 44.9 Å². The van der Waals surface area contributed by atoms with Crippen LogP contribution >= 0.6 is 0 Å². The molecule has 3 aliphatic heterocycles. The van der Waals surface area contributed by atoms with E-state index in [-0.39, 0.29) is 18.9 Å². The van der Waals surface area contributed by atoms with Gasteiger partial charge < -0.3 is 89.9 Å². The summed E-state index contributed by atoms with van der Waals surface area (Å²) in [5, 5.41) is 119. The average Bonchev–Trinajstić information content (AvgIpc) is 3.58. The summed E-state index contributed by atoms with van der Waals surface area (Å²) in [5.41, 5.74) is 0. The fourth-order valence-corrected chi connectivity index (χ4v) is 9.53. The first kappa shape index (κ1) is 71.2. The maximum Gasteiger partial charge on any atom is 0.220 e. The summed E-state index contributed by atoms with van der Waals surface area (Å²) in [6.45, 7) is 1.40. The van der Waals surface area contributed by atoms with Crippen molar-refractivity contribution in [2.45, 2.75) is 266 Å². The zero-order valence-electron chi connectivity index (χ0n) is 47.8. The number of rotatable bonds is 42. The molecule has 460 valence electrons. The monoisotopic (exact) mass is 1140 g/mol. The molecule has 0 aromatic rings. The van der Waals surface area contributed by atoms with Gasteiger partial charge in [-0.1, -0.05) is 176 Å². The Bertz CT molecular complexity index is 1790. The highest BCUT2D eigenvalue weighted by atomic mass is 16.8. The van der Waals surface area contributed by atoms with E-state index < -0.39 is 124 Å². The van der Waals surface area contributed by atoms with E-state index >= 15 is 0 Å². The van der Waals surface area contributed by atoms with Gasteiger partial charge in [0.25, 0.3) is 0 Å². The minimum atomic E-state index is -1.98. The summed E-state index contributed by atoms with van der Waals surface area (Å²) in [5.74, 6) is -0.293. The van der Waals surface area contributed by atoms with Crippen molar-refractivity contribution in [1.29, 1.82) is 0 Å². The van der Waals surface area contributed by atoms with E-state index in [1.54, 1.807) is 6.08 Å². The number of aliphatic hydroxyl groups is 11. The van der Waals surface area contributed by atoms with Crippen LogP contribution in [0.1, 0.15) is 162 Å². The molecule has 19 nitrogen and oxygen atoms in total. The highest BCUT2D eigenvalue weighted by molar-refractivity contribution is 5.76. The van der Waals surface area contributed by atoms with Crippen molar-refractivity contribution in [2.24, 2.45) is 0 Å². The van der Waals surface area contributed by atoms with Gasteiger partial charge in [-0.15, -0.1) is 0 Å². The summed E-state index contributed by atoms with van der Waals surface area (Å²) in [6, 6.07) is -0.974. The van der Waals surface area contributed by atoms with Gasteiger partial charge in [0.2, 0.25) is 5.91 Å². The Hall–Kier alpha value is -3.03. The van der Waals surface area contributed by atoms with Gasteiger partial charge in [-0.25, -0.2) is 0 Å². The molecule has 17 unspecified atom stereocenters. The third kappa shape index (κ3) is 27.1. The van der Waals surface area contributed by atoms with Crippen molar-refractivity contribution in [2.75, 3.05) is 26.4 Å². The van der Waals surface area contributed by atoms with Crippen LogP contribution in [-0.4, -0.2) is 193 Å². The summed E-state index contributed by atoms with van der Waals surface area (Å²) in [4.78, 5) is 13.2. The van der Waals surface area contributed by atoms with Gasteiger partial charge in [0.05, 0.1) is 38.6 Å². The van der Waals surface area contributed by atoms with Gasteiger partial charge in [-0.05, 0) is 64.2 Å². The molecule has 19 heteroatoms. The molecule has 3 saturated heterocycles. The molecule has 0 bridgehead atoms. The molecule has 12 N–H and O–H groups in total. The molecule has 3 heterocycles. The van der Waals surface area contributed by atoms with Gasteiger partial charge >= 0.3 is 0 Å². The van der Waals surface area contributed by atoms with Crippen LogP contribution in [0.15, 0.2) is 85.1 Å². The molecule has 0 saturated carbocycles. The number of ether oxygens (including phenoxy) is 6. The first-order valence-corrected chi connectivity index (χ1v) is 29.8. The third-order valence-corrected chi connectivity index (χ3v) is 14.4. The third-order valence-electron chi connectivity index (χ3n) is 14.4. The molecule has 0 aliphatic carbocycles. The largest absolute Gasteiger partial charge is 0.394 e. The summed E-state index contributed by atoms with van der Waals surface area (Å²) >= 11 is 0. The van der Waals surface area contributed by atoms with Gasteiger partial charge in [-0.3, -0.25) is 4.79 Å². The van der Waals surface area contributed by atoms with Crippen molar-refractivity contribution < 1.29 is 89.4 Å². The standard InChI is InChI=1S/C61H103NO18/c1-3-5-7-9-10-11-12-13-14-15-16-17-18-19-20-21-22-23-24-25-26-27-28-29-30-31-32-33-34-35-37-39-49(67)62-44(45(66)38-36-8-6-4-2)43-75-59-55(73)52(70)57(47(41-64)77-59)80-61-56(74)53(71)58(48(42-65)78-61)79-60-54(72)51(69)50(68)46(40-63)76-60/h5,7,10-11,13-14,16-17,19-20,22-23,36,38,44-48,50-61,63-66,68-74H,3-4,6,8-9,12,15,18,21,24-35,37,39-43H2,1-2H3,(H,62,67)/b7-5-,11-10-,14-13-,17-16-,20-19-,23-22-,38-36+. The lowest BCUT2D eigenvalue weighted by molar-refractivity contribution is -0.379. The van der Waals surface area contributed by atoms with Crippen molar-refractivity contribution in [3.05, 3.63) is 85.1 Å². The molecule has 0 spiro atoms. The summed E-state index contributed by atoms with van der Waals surface area (Å²) in [6.07, 6.45) is 26.8. The summed E-state index contributed by atoms with van der Waals surface area (Å²) in [7, 11) is 0. The molecule has 80 heavy (non-hydrogen) atoms. The van der Waals surface area contributed by atoms with E-state index in [1.807, 2.05) is 13.0 Å². The van der Waals surface area contributed by atoms with Crippen LogP contribution in [0.5, 0.6) is 0 Å². The molecule has 1 amide bonds. The van der Waals surface area contributed by atoms with Crippen molar-refractivity contribution in [3.63, 3.8) is 0 Å². The Balaban J connectivity index is 1.31. The smallest absolute Gasteiger partial charge is 0.220 e. The first-order chi connectivity index (χ1) is 38.8. The molecule has 0 aromatic carbocycles. The van der Waals surface area contributed by atoms with Gasteiger partial charge in [0.1, 0.15) is 73.2 Å². The van der Waals surface area contributed by atoms with Crippen molar-refractivity contribution in [1.82, 2.24) is 5.32 Å². The molecular formula is C61H103NO18. The van der Waals surface area contributed by atoms with E-state index in [9.17, 15) is 61.0 Å². The second-order valence-electron chi connectivity index (χ2n) is 21.1. The fourth-order valence-electron chi connectivity index (χ4n) is 9.53. The molecular weight excluding hydrogens is 1030 g/mol. The molecule has 0 radical (unpaired) electrons. The van der Waals surface area contributed by atoms with Crippen LogP contribution < -0.4 is 5.32 Å². The Morgan fingerprint density at radius 2 is 0.863 bits per heavy atom. The number of hydrogen-bond acceptors (Lipinski definition) is 18. The molecule has 3 aliphatic rings. The van der Waals surface area contributed by atoms with Crippen molar-refractivity contribution >= 4 is 5.91 Å². The first-order valence-electron chi connectivity index (χ1n) is 29.8. The molecule has 3 rings (SSSR count). The quantitative estimate of drug-likeness (QED) is 0.0276. The number of carbonyl (C=O) groups excluding carboxylic acids is 1. The zero-order chi connectivity index (χ0) is 58.3. The normalized spacial score (nSPS) is 30.6. The maximum atomic E-state index is 13.2. The van der Waals surface area contributed by atoms with Gasteiger partial charge in [-0.2, -0.15) is 0 Å². The van der Waals surface area contributed by atoms with Crippen LogP contribution in [0.2, 0.25) is 0 Å². The Labute approximate surface area is 476 Å². The summed E-state index contributed by atoms with van der Waals surface area (Å²) < 4.78 is 34.0. The lowest BCUT2D eigenvalue weighted by Crippen LogP contribution is -2.66. The number of allylic oxidation sites excluding steroid dienone is 13. The second-order valence-corrected chi connectivity index (χ2v) is 21.1. The Kier molecular flexibility index (Phi) is 38.8. The van der Waals surface area contributed by atoms with E-state index in [0.717, 1.165) is 83.5 Å².